The third-order valence-corrected chi connectivity index (χ3v) is 12.8. The maximum absolute atomic E-state index is 6.89. The van der Waals surface area contributed by atoms with E-state index in [2.05, 4.69) is 131 Å². The van der Waals surface area contributed by atoms with E-state index in [1.54, 1.807) is 0 Å². The molecule has 5 aromatic heterocycles. The van der Waals surface area contributed by atoms with Crippen LogP contribution in [0.1, 0.15) is 0 Å². The van der Waals surface area contributed by atoms with Gasteiger partial charge >= 0.3 is 0 Å². The average molecular weight is 741 g/mol. The van der Waals surface area contributed by atoms with E-state index in [1.807, 2.05) is 30.3 Å². The summed E-state index contributed by atoms with van der Waals surface area (Å²) in [5.41, 5.74) is 16.4. The van der Waals surface area contributed by atoms with E-state index in [4.69, 9.17) is 23.4 Å². The minimum atomic E-state index is -0.104. The second kappa shape index (κ2) is 10.1. The van der Waals surface area contributed by atoms with Crippen molar-refractivity contribution >= 4 is 111 Å². The van der Waals surface area contributed by atoms with Crippen molar-refractivity contribution in [1.82, 2.24) is 19.6 Å². The third kappa shape index (κ3) is 3.41. The SMILES string of the molecule is c1ccc2c(c1)oc1c(-c3nn4c5c(cccc35)B3c5c-4cc4c(oc6ccccc64)c5-n4nc(-c5cccc6c5oc5ccccc56)c5cccc3c54)cccc12. The lowest BCUT2D eigenvalue weighted by Crippen LogP contribution is -2.59. The molecule has 8 aromatic carbocycles. The summed E-state index contributed by atoms with van der Waals surface area (Å²) in [6.45, 7) is -0.104. The molecule has 0 aliphatic carbocycles. The molecule has 0 radical (unpaired) electrons. The number of hydrogen-bond acceptors (Lipinski definition) is 5. The number of fused-ring (bicyclic) bond motifs is 14. The van der Waals surface area contributed by atoms with Gasteiger partial charge < -0.3 is 13.3 Å². The number of nitrogens with zero attached hydrogens (tertiary/aromatic N) is 4. The van der Waals surface area contributed by atoms with Crippen LogP contribution in [0.4, 0.5) is 0 Å². The van der Waals surface area contributed by atoms with Gasteiger partial charge in [0.2, 0.25) is 0 Å². The highest BCUT2D eigenvalue weighted by Crippen LogP contribution is 2.44. The molecule has 15 rings (SSSR count). The van der Waals surface area contributed by atoms with Crippen LogP contribution >= 0.6 is 0 Å². The van der Waals surface area contributed by atoms with Crippen LogP contribution in [0.2, 0.25) is 0 Å². The van der Waals surface area contributed by atoms with Crippen LogP contribution in [-0.4, -0.2) is 26.3 Å². The Morgan fingerprint density at radius 1 is 0.397 bits per heavy atom. The zero-order valence-electron chi connectivity index (χ0n) is 30.5. The maximum Gasteiger partial charge on any atom is 0.252 e. The molecule has 58 heavy (non-hydrogen) atoms. The van der Waals surface area contributed by atoms with Crippen LogP contribution in [0.5, 0.6) is 0 Å². The molecule has 7 heterocycles. The molecule has 8 heteroatoms. The normalized spacial score (nSPS) is 13.1. The summed E-state index contributed by atoms with van der Waals surface area (Å²) in [6.07, 6.45) is 0. The smallest absolute Gasteiger partial charge is 0.252 e. The fourth-order valence-corrected chi connectivity index (χ4v) is 10.4. The summed E-state index contributed by atoms with van der Waals surface area (Å²) in [7, 11) is 0. The molecule has 0 spiro atoms. The van der Waals surface area contributed by atoms with Crippen LogP contribution in [0.25, 0.3) is 122 Å². The van der Waals surface area contributed by atoms with Crippen molar-refractivity contribution in [1.29, 1.82) is 0 Å². The van der Waals surface area contributed by atoms with Crippen LogP contribution in [0, 0.1) is 0 Å². The summed E-state index contributed by atoms with van der Waals surface area (Å²) in [4.78, 5) is 0. The summed E-state index contributed by atoms with van der Waals surface area (Å²) in [6, 6.07) is 53.1. The Balaban J connectivity index is 1.08. The van der Waals surface area contributed by atoms with Gasteiger partial charge in [0, 0.05) is 54.2 Å². The molecule has 0 atom stereocenters. The molecule has 0 amide bonds. The first-order chi connectivity index (χ1) is 28.8. The van der Waals surface area contributed by atoms with Crippen molar-refractivity contribution < 1.29 is 13.3 Å². The largest absolute Gasteiger partial charge is 0.455 e. The van der Waals surface area contributed by atoms with Gasteiger partial charge in [-0.2, -0.15) is 10.2 Å². The van der Waals surface area contributed by atoms with Gasteiger partial charge in [-0.3, -0.25) is 0 Å². The predicted molar refractivity (Wildman–Crippen MR) is 233 cm³/mol. The first-order valence-electron chi connectivity index (χ1n) is 19.6. The maximum atomic E-state index is 6.89. The van der Waals surface area contributed by atoms with Gasteiger partial charge in [-0.1, -0.05) is 115 Å². The van der Waals surface area contributed by atoms with E-state index in [0.29, 0.717) is 0 Å². The minimum absolute atomic E-state index is 0.104. The van der Waals surface area contributed by atoms with Gasteiger partial charge in [0.15, 0.2) is 5.58 Å². The highest BCUT2D eigenvalue weighted by Gasteiger charge is 2.43. The molecule has 13 aromatic rings. The van der Waals surface area contributed by atoms with Crippen molar-refractivity contribution in [3.63, 3.8) is 0 Å². The lowest BCUT2D eigenvalue weighted by molar-refractivity contribution is 0.663. The number of hydrogen-bond donors (Lipinski definition) is 0. The van der Waals surface area contributed by atoms with Crippen LogP contribution in [0.3, 0.4) is 0 Å². The quantitative estimate of drug-likeness (QED) is 0.165. The Morgan fingerprint density at radius 2 is 0.845 bits per heavy atom. The topological polar surface area (TPSA) is 75.1 Å². The Bertz CT molecular complexity index is 4010. The van der Waals surface area contributed by atoms with Gasteiger partial charge in [-0.25, -0.2) is 9.36 Å². The zero-order valence-corrected chi connectivity index (χ0v) is 30.5. The summed E-state index contributed by atoms with van der Waals surface area (Å²) in [5, 5.41) is 19.7. The number of rotatable bonds is 2. The van der Waals surface area contributed by atoms with Crippen molar-refractivity contribution in [2.75, 3.05) is 0 Å². The Morgan fingerprint density at radius 3 is 1.43 bits per heavy atom. The molecule has 0 saturated heterocycles. The molecule has 0 unspecified atom stereocenters. The molecule has 2 aliphatic rings. The van der Waals surface area contributed by atoms with Gasteiger partial charge in [-0.15, -0.1) is 0 Å². The predicted octanol–water partition coefficient (Wildman–Crippen LogP) is 10.5. The highest BCUT2D eigenvalue weighted by atomic mass is 16.3. The van der Waals surface area contributed by atoms with Gasteiger partial charge in [0.25, 0.3) is 6.71 Å². The number of aromatic nitrogens is 4. The molecule has 0 N–H and O–H groups in total. The van der Waals surface area contributed by atoms with Crippen molar-refractivity contribution in [3.05, 3.63) is 152 Å². The molecule has 7 nitrogen and oxygen atoms in total. The van der Waals surface area contributed by atoms with E-state index in [0.717, 1.165) is 127 Å². The van der Waals surface area contributed by atoms with E-state index >= 15 is 0 Å². The van der Waals surface area contributed by atoms with Gasteiger partial charge in [0.05, 0.1) is 16.7 Å². The molecule has 0 fully saturated rings. The highest BCUT2D eigenvalue weighted by molar-refractivity contribution is 7.00. The van der Waals surface area contributed by atoms with Gasteiger partial charge in [0.1, 0.15) is 45.0 Å². The standard InChI is InChI=1S/C50H25BN4O3/c1-4-22-39-26(11-1)29-14-7-18-33(48(29)56-39)43-31-16-9-20-36-45(31)54(52-43)38-25-35-28-13-3-6-24-41(28)58-50(35)47-42(38)51(36)37-21-10-17-32-44(53-55(47)46(32)37)34-19-8-15-30-27-12-2-5-23-40(27)57-49(30)34/h1-25H. The number of benzene rings is 8. The lowest BCUT2D eigenvalue weighted by Gasteiger charge is -2.31. The van der Waals surface area contributed by atoms with E-state index in [1.165, 1.54) is 10.9 Å². The zero-order chi connectivity index (χ0) is 37.4. The monoisotopic (exact) mass is 740 g/mol. The molecular formula is C50H25BN4O3. The first kappa shape index (κ1) is 29.5. The fourth-order valence-electron chi connectivity index (χ4n) is 10.4. The van der Waals surface area contributed by atoms with E-state index in [9.17, 15) is 0 Å². The van der Waals surface area contributed by atoms with Crippen LogP contribution in [0.15, 0.2) is 165 Å². The van der Waals surface area contributed by atoms with Crippen molar-refractivity contribution in [3.8, 4) is 33.9 Å². The lowest BCUT2D eigenvalue weighted by atomic mass is 9.34. The molecule has 0 bridgehead atoms. The van der Waals surface area contributed by atoms with Crippen molar-refractivity contribution in [2.45, 2.75) is 0 Å². The molecule has 266 valence electrons. The summed E-state index contributed by atoms with van der Waals surface area (Å²) < 4.78 is 24.4. The van der Waals surface area contributed by atoms with Crippen LogP contribution in [-0.2, 0) is 0 Å². The Hall–Kier alpha value is -7.84. The molecule has 2 aliphatic heterocycles. The summed E-state index contributed by atoms with van der Waals surface area (Å²) >= 11 is 0. The molecule has 0 saturated carbocycles. The summed E-state index contributed by atoms with van der Waals surface area (Å²) in [5.74, 6) is 0. The Labute approximate surface area is 328 Å². The number of furan rings is 3. The average Bonchev–Trinajstić information content (AvgIpc) is 4.10. The fraction of sp³-hybridized carbons (Fsp3) is 0. The minimum Gasteiger partial charge on any atom is -0.455 e. The second-order valence-electron chi connectivity index (χ2n) is 15.6. The van der Waals surface area contributed by atoms with E-state index < -0.39 is 0 Å². The number of para-hydroxylation sites is 7. The van der Waals surface area contributed by atoms with E-state index in [-0.39, 0.29) is 6.71 Å². The second-order valence-corrected chi connectivity index (χ2v) is 15.6. The third-order valence-electron chi connectivity index (χ3n) is 12.8. The van der Waals surface area contributed by atoms with Crippen LogP contribution < -0.4 is 16.4 Å². The molecular weight excluding hydrogens is 715 g/mol. The van der Waals surface area contributed by atoms with Gasteiger partial charge in [-0.05, 0) is 52.8 Å². The van der Waals surface area contributed by atoms with Crippen molar-refractivity contribution in [2.24, 2.45) is 0 Å². The first-order valence-corrected chi connectivity index (χ1v) is 19.6. The Kier molecular flexibility index (Phi) is 5.14.